The third kappa shape index (κ3) is 2.76. The average Bonchev–Trinajstić information content (AvgIpc) is 2.60. The lowest BCUT2D eigenvalue weighted by Crippen LogP contribution is -2.17. The van der Waals surface area contributed by atoms with E-state index in [0.717, 1.165) is 11.1 Å². The summed E-state index contributed by atoms with van der Waals surface area (Å²) in [5, 5.41) is 12.5. The summed E-state index contributed by atoms with van der Waals surface area (Å²) in [5.74, 6) is -1.13. The molecule has 2 N–H and O–H groups in total. The Bertz CT molecular complexity index is 902. The predicted octanol–water partition coefficient (Wildman–Crippen LogP) is 2.96. The molecular formula is C18H14N2O3. The van der Waals surface area contributed by atoms with Crippen LogP contribution in [0.25, 0.3) is 22.0 Å². The number of hydrogen-bond acceptors (Lipinski definition) is 3. The number of amides is 1. The quantitative estimate of drug-likeness (QED) is 0.779. The number of aromatic carboxylic acids is 1. The minimum atomic E-state index is -0.982. The summed E-state index contributed by atoms with van der Waals surface area (Å²) in [5.41, 5.74) is 3.20. The van der Waals surface area contributed by atoms with Crippen LogP contribution in [0.15, 0.2) is 54.7 Å². The van der Waals surface area contributed by atoms with Crippen LogP contribution in [0, 0.1) is 0 Å². The second-order valence-electron chi connectivity index (χ2n) is 5.05. The molecule has 0 atom stereocenters. The molecule has 0 aliphatic rings. The van der Waals surface area contributed by atoms with Gasteiger partial charge in [-0.1, -0.05) is 18.2 Å². The second kappa shape index (κ2) is 5.88. The Balaban J connectivity index is 2.08. The minimum Gasteiger partial charge on any atom is -0.478 e. The molecule has 0 saturated heterocycles. The molecule has 1 amide bonds. The predicted molar refractivity (Wildman–Crippen MR) is 87.5 cm³/mol. The highest BCUT2D eigenvalue weighted by Crippen LogP contribution is 2.26. The van der Waals surface area contributed by atoms with E-state index in [0.29, 0.717) is 16.5 Å². The van der Waals surface area contributed by atoms with Crippen LogP contribution in [0.2, 0.25) is 0 Å². The largest absolute Gasteiger partial charge is 0.478 e. The van der Waals surface area contributed by atoms with E-state index < -0.39 is 5.97 Å². The second-order valence-corrected chi connectivity index (χ2v) is 5.05. The van der Waals surface area contributed by atoms with Gasteiger partial charge in [0.1, 0.15) is 0 Å². The SMILES string of the molecule is CNC(=O)c1ccc(-c2ccc3nccc(C(=O)O)c3c2)cc1. The monoisotopic (exact) mass is 306 g/mol. The summed E-state index contributed by atoms with van der Waals surface area (Å²) in [6.07, 6.45) is 1.49. The van der Waals surface area contributed by atoms with Gasteiger partial charge in [-0.15, -0.1) is 0 Å². The van der Waals surface area contributed by atoms with Crippen LogP contribution in [0.5, 0.6) is 0 Å². The summed E-state index contributed by atoms with van der Waals surface area (Å²) in [7, 11) is 1.58. The van der Waals surface area contributed by atoms with Gasteiger partial charge in [0.15, 0.2) is 0 Å². The molecule has 2 aromatic carbocycles. The number of hydrogen-bond donors (Lipinski definition) is 2. The zero-order valence-corrected chi connectivity index (χ0v) is 12.4. The Morgan fingerprint density at radius 1 is 1.00 bits per heavy atom. The molecule has 1 heterocycles. The van der Waals surface area contributed by atoms with E-state index in [2.05, 4.69) is 10.3 Å². The lowest BCUT2D eigenvalue weighted by Gasteiger charge is -2.07. The van der Waals surface area contributed by atoms with Crippen molar-refractivity contribution >= 4 is 22.8 Å². The van der Waals surface area contributed by atoms with Crippen LogP contribution in [0.4, 0.5) is 0 Å². The molecule has 3 aromatic rings. The van der Waals surface area contributed by atoms with Gasteiger partial charge in [-0.05, 0) is 41.5 Å². The molecular weight excluding hydrogens is 292 g/mol. The van der Waals surface area contributed by atoms with Gasteiger partial charge in [0.2, 0.25) is 0 Å². The molecule has 114 valence electrons. The van der Waals surface area contributed by atoms with Gasteiger partial charge < -0.3 is 10.4 Å². The highest BCUT2D eigenvalue weighted by Gasteiger charge is 2.10. The Kier molecular flexibility index (Phi) is 3.76. The fourth-order valence-corrected chi connectivity index (χ4v) is 2.47. The van der Waals surface area contributed by atoms with Crippen LogP contribution < -0.4 is 5.32 Å². The normalized spacial score (nSPS) is 10.5. The molecule has 0 spiro atoms. The standard InChI is InChI=1S/C18H14N2O3/c1-19-17(21)12-4-2-11(3-5-12)13-6-7-16-15(10-13)14(18(22)23)8-9-20-16/h2-10H,1H3,(H,19,21)(H,22,23). The van der Waals surface area contributed by atoms with Crippen molar-refractivity contribution in [1.29, 1.82) is 0 Å². The number of rotatable bonds is 3. The molecule has 0 aliphatic heterocycles. The summed E-state index contributed by atoms with van der Waals surface area (Å²) in [6.45, 7) is 0. The molecule has 5 heteroatoms. The number of fused-ring (bicyclic) bond motifs is 1. The maximum absolute atomic E-state index is 11.6. The van der Waals surface area contributed by atoms with E-state index in [9.17, 15) is 14.7 Å². The Morgan fingerprint density at radius 2 is 1.70 bits per heavy atom. The van der Waals surface area contributed by atoms with Crippen LogP contribution in [0.3, 0.4) is 0 Å². The number of aromatic nitrogens is 1. The van der Waals surface area contributed by atoms with Crippen LogP contribution in [0.1, 0.15) is 20.7 Å². The first-order chi connectivity index (χ1) is 11.1. The van der Waals surface area contributed by atoms with Gasteiger partial charge in [0, 0.05) is 24.2 Å². The number of nitrogens with one attached hydrogen (secondary N) is 1. The molecule has 0 aliphatic carbocycles. The van der Waals surface area contributed by atoms with Gasteiger partial charge in [0.25, 0.3) is 5.91 Å². The van der Waals surface area contributed by atoms with Gasteiger partial charge in [-0.25, -0.2) is 4.79 Å². The Labute approximate surface area is 132 Å². The number of pyridine rings is 1. The third-order valence-electron chi connectivity index (χ3n) is 3.68. The van der Waals surface area contributed by atoms with E-state index in [4.69, 9.17) is 0 Å². The first-order valence-corrected chi connectivity index (χ1v) is 7.05. The van der Waals surface area contributed by atoms with Crippen molar-refractivity contribution in [1.82, 2.24) is 10.3 Å². The summed E-state index contributed by atoms with van der Waals surface area (Å²) >= 11 is 0. The molecule has 0 radical (unpaired) electrons. The molecule has 0 saturated carbocycles. The number of carbonyl (C=O) groups is 2. The fourth-order valence-electron chi connectivity index (χ4n) is 2.47. The van der Waals surface area contributed by atoms with E-state index in [1.165, 1.54) is 12.3 Å². The molecule has 1 aromatic heterocycles. The van der Waals surface area contributed by atoms with Crippen molar-refractivity contribution in [3.63, 3.8) is 0 Å². The van der Waals surface area contributed by atoms with Gasteiger partial charge in [0.05, 0.1) is 11.1 Å². The maximum atomic E-state index is 11.6. The highest BCUT2D eigenvalue weighted by atomic mass is 16.4. The van der Waals surface area contributed by atoms with E-state index >= 15 is 0 Å². The lowest BCUT2D eigenvalue weighted by atomic mass is 10.00. The summed E-state index contributed by atoms with van der Waals surface area (Å²) in [4.78, 5) is 27.1. The first kappa shape index (κ1) is 14.7. The Morgan fingerprint density at radius 3 is 2.35 bits per heavy atom. The Hall–Kier alpha value is -3.21. The molecule has 0 fully saturated rings. The maximum Gasteiger partial charge on any atom is 0.336 e. The molecule has 0 unspecified atom stereocenters. The van der Waals surface area contributed by atoms with Crippen LogP contribution in [-0.4, -0.2) is 29.0 Å². The molecule has 23 heavy (non-hydrogen) atoms. The summed E-state index contributed by atoms with van der Waals surface area (Å²) in [6, 6.07) is 14.1. The van der Waals surface area contributed by atoms with Gasteiger partial charge in [-0.2, -0.15) is 0 Å². The van der Waals surface area contributed by atoms with Crippen molar-refractivity contribution in [2.75, 3.05) is 7.05 Å². The van der Waals surface area contributed by atoms with E-state index in [1.807, 2.05) is 18.2 Å². The number of carboxylic acid groups (broad SMARTS) is 1. The first-order valence-electron chi connectivity index (χ1n) is 7.05. The van der Waals surface area contributed by atoms with E-state index in [1.54, 1.807) is 31.3 Å². The summed E-state index contributed by atoms with van der Waals surface area (Å²) < 4.78 is 0. The zero-order valence-electron chi connectivity index (χ0n) is 12.4. The fraction of sp³-hybridized carbons (Fsp3) is 0.0556. The van der Waals surface area contributed by atoms with E-state index in [-0.39, 0.29) is 11.5 Å². The third-order valence-corrected chi connectivity index (χ3v) is 3.68. The smallest absolute Gasteiger partial charge is 0.336 e. The molecule has 3 rings (SSSR count). The van der Waals surface area contributed by atoms with Crippen molar-refractivity contribution in [2.24, 2.45) is 0 Å². The van der Waals surface area contributed by atoms with Gasteiger partial charge in [-0.3, -0.25) is 9.78 Å². The number of carboxylic acids is 1. The van der Waals surface area contributed by atoms with Crippen LogP contribution in [-0.2, 0) is 0 Å². The molecule has 5 nitrogen and oxygen atoms in total. The highest BCUT2D eigenvalue weighted by molar-refractivity contribution is 6.03. The molecule has 0 bridgehead atoms. The number of benzene rings is 2. The van der Waals surface area contributed by atoms with Crippen molar-refractivity contribution < 1.29 is 14.7 Å². The zero-order chi connectivity index (χ0) is 16.4. The van der Waals surface area contributed by atoms with Crippen molar-refractivity contribution in [3.8, 4) is 11.1 Å². The van der Waals surface area contributed by atoms with Crippen LogP contribution >= 0.6 is 0 Å². The average molecular weight is 306 g/mol. The topological polar surface area (TPSA) is 79.3 Å². The lowest BCUT2D eigenvalue weighted by molar-refractivity contribution is 0.0698. The minimum absolute atomic E-state index is 0.146. The van der Waals surface area contributed by atoms with Crippen molar-refractivity contribution in [2.45, 2.75) is 0 Å². The van der Waals surface area contributed by atoms with Gasteiger partial charge >= 0.3 is 5.97 Å². The number of carbonyl (C=O) groups excluding carboxylic acids is 1. The number of nitrogens with zero attached hydrogens (tertiary/aromatic N) is 1. The van der Waals surface area contributed by atoms with Crippen molar-refractivity contribution in [3.05, 3.63) is 65.9 Å².